The molecule has 12 heteroatoms. The maximum atomic E-state index is 12.3. The fraction of sp³-hybridized carbons (Fsp3) is 0.400. The van der Waals surface area contributed by atoms with Crippen molar-refractivity contribution in [2.45, 2.75) is 12.5 Å². The van der Waals surface area contributed by atoms with Crippen LogP contribution in [0.25, 0.3) is 0 Å². The number of guanidine groups is 1. The molecule has 0 spiro atoms. The second-order valence-corrected chi connectivity index (χ2v) is 6.49. The highest BCUT2D eigenvalue weighted by atomic mass is 16.5. The predicted molar refractivity (Wildman–Crippen MR) is 114 cm³/mol. The Morgan fingerprint density at radius 1 is 1.34 bits per heavy atom. The Hall–Kier alpha value is -4.14. The predicted octanol–water partition coefficient (Wildman–Crippen LogP) is -0.748. The number of rotatable bonds is 10. The van der Waals surface area contributed by atoms with Crippen LogP contribution in [0, 0.1) is 12.3 Å². The zero-order valence-electron chi connectivity index (χ0n) is 17.2. The molecule has 1 aliphatic rings. The van der Waals surface area contributed by atoms with E-state index in [1.165, 1.54) is 18.2 Å². The molecule has 1 atom stereocenters. The van der Waals surface area contributed by atoms with Crippen LogP contribution >= 0.6 is 0 Å². The number of aromatic hydroxyl groups is 1. The van der Waals surface area contributed by atoms with Crippen molar-refractivity contribution in [3.8, 4) is 23.8 Å². The number of carbonyl (C=O) groups excluding carboxylic acids is 2. The molecule has 172 valence electrons. The Balaban J connectivity index is 1.82. The molecule has 2 amide bonds. The molecule has 0 aromatic heterocycles. The van der Waals surface area contributed by atoms with Crippen molar-refractivity contribution in [2.75, 3.05) is 39.4 Å². The van der Waals surface area contributed by atoms with Crippen LogP contribution in [0.15, 0.2) is 23.2 Å². The van der Waals surface area contributed by atoms with E-state index >= 15 is 0 Å². The second kappa shape index (κ2) is 12.5. The summed E-state index contributed by atoms with van der Waals surface area (Å²) < 4.78 is 10.1. The lowest BCUT2D eigenvalue weighted by molar-refractivity contribution is -0.139. The highest BCUT2D eigenvalue weighted by molar-refractivity contribution is 5.97. The number of nitrogens with one attached hydrogen (secondary N) is 4. The van der Waals surface area contributed by atoms with E-state index in [1.807, 2.05) is 0 Å². The van der Waals surface area contributed by atoms with Gasteiger partial charge in [-0.05, 0) is 18.6 Å². The van der Waals surface area contributed by atoms with Crippen LogP contribution < -0.4 is 26.0 Å². The van der Waals surface area contributed by atoms with Crippen molar-refractivity contribution in [3.05, 3.63) is 23.8 Å². The number of amides is 2. The molecule has 0 aliphatic carbocycles. The van der Waals surface area contributed by atoms with Crippen LogP contribution in [0.1, 0.15) is 16.8 Å². The molecule has 1 aromatic rings. The minimum absolute atomic E-state index is 0.0877. The highest BCUT2D eigenvalue weighted by Gasteiger charge is 2.22. The van der Waals surface area contributed by atoms with Gasteiger partial charge >= 0.3 is 12.1 Å². The number of hydrogen-bond acceptors (Lipinski definition) is 9. The molecule has 0 saturated heterocycles. The third-order valence-corrected chi connectivity index (χ3v) is 4.12. The first-order chi connectivity index (χ1) is 15.4. The van der Waals surface area contributed by atoms with Gasteiger partial charge in [-0.25, -0.2) is 9.59 Å². The van der Waals surface area contributed by atoms with Crippen LogP contribution in [0.3, 0.4) is 0 Å². The van der Waals surface area contributed by atoms with Crippen molar-refractivity contribution in [1.29, 1.82) is 0 Å². The summed E-state index contributed by atoms with van der Waals surface area (Å²) in [5.41, 5.74) is -0.0877. The molecule has 0 fully saturated rings. The molecule has 1 aliphatic heterocycles. The fourth-order valence-corrected chi connectivity index (χ4v) is 2.56. The number of benzene rings is 1. The Labute approximate surface area is 184 Å². The largest absolute Gasteiger partial charge is 0.507 e. The SMILES string of the molecule is C#CCOC(=O)N[C@@H](CNC(=O)c1ccc(OCCNC2=NCCCN2)cc1O)C(=O)O. The Morgan fingerprint density at radius 2 is 2.16 bits per heavy atom. The van der Waals surface area contributed by atoms with E-state index in [0.717, 1.165) is 19.5 Å². The number of terminal acetylenes is 1. The van der Waals surface area contributed by atoms with Gasteiger partial charge in [-0.3, -0.25) is 9.79 Å². The molecule has 12 nitrogen and oxygen atoms in total. The molecule has 0 unspecified atom stereocenters. The van der Waals surface area contributed by atoms with Crippen molar-refractivity contribution in [3.63, 3.8) is 0 Å². The minimum atomic E-state index is -1.45. The van der Waals surface area contributed by atoms with Crippen LogP contribution in [-0.2, 0) is 9.53 Å². The molecule has 1 aromatic carbocycles. The van der Waals surface area contributed by atoms with Gasteiger partial charge in [-0.1, -0.05) is 5.92 Å². The number of hydrogen-bond donors (Lipinski definition) is 6. The molecule has 32 heavy (non-hydrogen) atoms. The van der Waals surface area contributed by atoms with Crippen molar-refractivity contribution < 1.29 is 34.1 Å². The quantitative estimate of drug-likeness (QED) is 0.199. The van der Waals surface area contributed by atoms with Crippen LogP contribution in [0.2, 0.25) is 0 Å². The summed E-state index contributed by atoms with van der Waals surface area (Å²) in [6, 6.07) is 2.65. The summed E-state index contributed by atoms with van der Waals surface area (Å²) in [5.74, 6) is 0.657. The summed E-state index contributed by atoms with van der Waals surface area (Å²) >= 11 is 0. The van der Waals surface area contributed by atoms with Gasteiger partial charge in [0.15, 0.2) is 12.6 Å². The Bertz CT molecular complexity index is 897. The average molecular weight is 447 g/mol. The minimum Gasteiger partial charge on any atom is -0.507 e. The third-order valence-electron chi connectivity index (χ3n) is 4.12. The summed E-state index contributed by atoms with van der Waals surface area (Å²) in [4.78, 5) is 39.3. The van der Waals surface area contributed by atoms with Crippen molar-refractivity contribution >= 4 is 23.9 Å². The molecular weight excluding hydrogens is 422 g/mol. The maximum absolute atomic E-state index is 12.3. The molecule has 0 saturated carbocycles. The summed E-state index contributed by atoms with van der Waals surface area (Å²) in [6.45, 7) is 1.65. The second-order valence-electron chi connectivity index (χ2n) is 6.49. The van der Waals surface area contributed by atoms with Gasteiger partial charge in [-0.15, -0.1) is 6.42 Å². The number of phenolic OH excluding ortho intramolecular Hbond substituents is 1. The van der Waals surface area contributed by atoms with Crippen LogP contribution in [0.5, 0.6) is 11.5 Å². The van der Waals surface area contributed by atoms with Gasteiger partial charge in [0.25, 0.3) is 5.91 Å². The number of carboxylic acid groups (broad SMARTS) is 1. The van der Waals surface area contributed by atoms with Crippen molar-refractivity contribution in [2.24, 2.45) is 4.99 Å². The van der Waals surface area contributed by atoms with E-state index < -0.39 is 30.6 Å². The number of aliphatic imine (C=N–C) groups is 1. The smallest absolute Gasteiger partial charge is 0.408 e. The molecule has 2 rings (SSSR count). The van der Waals surface area contributed by atoms with Gasteiger partial charge in [0.05, 0.1) is 12.1 Å². The summed E-state index contributed by atoms with van der Waals surface area (Å²) in [5, 5.41) is 29.9. The summed E-state index contributed by atoms with van der Waals surface area (Å²) in [7, 11) is 0. The van der Waals surface area contributed by atoms with E-state index in [-0.39, 0.29) is 17.9 Å². The third kappa shape index (κ3) is 7.94. The number of carbonyl (C=O) groups is 3. The lowest BCUT2D eigenvalue weighted by Gasteiger charge is -2.16. The Kier molecular flexibility index (Phi) is 9.45. The van der Waals surface area contributed by atoms with Gasteiger partial charge in [0.1, 0.15) is 24.1 Å². The Morgan fingerprint density at radius 3 is 2.81 bits per heavy atom. The van der Waals surface area contributed by atoms with E-state index in [2.05, 4.69) is 36.9 Å². The lowest BCUT2D eigenvalue weighted by Crippen LogP contribution is -2.48. The fourth-order valence-electron chi connectivity index (χ4n) is 2.56. The highest BCUT2D eigenvalue weighted by Crippen LogP contribution is 2.23. The average Bonchev–Trinajstić information content (AvgIpc) is 2.78. The maximum Gasteiger partial charge on any atom is 0.408 e. The number of aliphatic carboxylic acids is 1. The number of ether oxygens (including phenoxy) is 2. The molecule has 6 N–H and O–H groups in total. The first-order valence-corrected chi connectivity index (χ1v) is 9.76. The van der Waals surface area contributed by atoms with E-state index in [1.54, 1.807) is 0 Å². The van der Waals surface area contributed by atoms with Crippen LogP contribution in [-0.4, -0.2) is 79.6 Å². The normalized spacial score (nSPS) is 13.4. The van der Waals surface area contributed by atoms with Gasteiger partial charge in [0, 0.05) is 25.7 Å². The van der Waals surface area contributed by atoms with E-state index in [9.17, 15) is 19.5 Å². The zero-order chi connectivity index (χ0) is 23.3. The monoisotopic (exact) mass is 447 g/mol. The molecule has 0 bridgehead atoms. The van der Waals surface area contributed by atoms with Gasteiger partial charge in [0.2, 0.25) is 0 Å². The first-order valence-electron chi connectivity index (χ1n) is 9.76. The molecule has 0 radical (unpaired) electrons. The van der Waals surface area contributed by atoms with Gasteiger partial charge in [-0.2, -0.15) is 0 Å². The van der Waals surface area contributed by atoms with Crippen LogP contribution in [0.4, 0.5) is 4.79 Å². The summed E-state index contributed by atoms with van der Waals surface area (Å²) in [6.07, 6.45) is 4.91. The van der Waals surface area contributed by atoms with E-state index in [4.69, 9.17) is 16.3 Å². The molecular formula is C20H25N5O7. The number of phenols is 1. The van der Waals surface area contributed by atoms with Crippen molar-refractivity contribution in [1.82, 2.24) is 21.3 Å². The standard InChI is InChI=1S/C20H25N5O7/c1-2-9-32-20(30)25-15(18(28)29)12-24-17(27)14-5-4-13(11-16(14)26)31-10-8-23-19-21-6-3-7-22-19/h1,4-5,11,15,26H,3,6-10,12H2,(H,24,27)(H,25,30)(H,28,29)(H2,21,22,23)/t15-/m0/s1. The first kappa shape index (κ1) is 24.1. The molecule has 1 heterocycles. The number of nitrogens with zero attached hydrogens (tertiary/aromatic N) is 1. The number of alkyl carbamates (subject to hydrolysis) is 1. The zero-order valence-corrected chi connectivity index (χ0v) is 17.2. The van der Waals surface area contributed by atoms with Gasteiger partial charge < -0.3 is 41.0 Å². The van der Waals surface area contributed by atoms with E-state index in [0.29, 0.717) is 24.9 Å². The topological polar surface area (TPSA) is 171 Å². The number of carboxylic acids is 1. The lowest BCUT2D eigenvalue weighted by atomic mass is 10.1.